The minimum absolute atomic E-state index is 0.269. The smallest absolute Gasteiger partial charge is 0.165 e. The Kier molecular flexibility index (Phi) is 9.19. The summed E-state index contributed by atoms with van der Waals surface area (Å²) in [7, 11) is 3.39. The SMILES string of the molecule is COc1cc(CN2CCC[C@@](COc3ccccc3F)(OC)CC2)ccc1OCCCn1cccn1. The number of hydrogen-bond acceptors (Lipinski definition) is 6. The maximum atomic E-state index is 14.0. The molecule has 1 aromatic heterocycles. The molecule has 7 nitrogen and oxygen atoms in total. The summed E-state index contributed by atoms with van der Waals surface area (Å²) in [6, 6.07) is 14.6. The Morgan fingerprint density at radius 3 is 2.64 bits per heavy atom. The number of methoxy groups -OCH3 is 2. The van der Waals surface area contributed by atoms with E-state index in [0.29, 0.717) is 13.2 Å². The topological polar surface area (TPSA) is 58.0 Å². The lowest BCUT2D eigenvalue weighted by molar-refractivity contribution is -0.0548. The number of hydrogen-bond donors (Lipinski definition) is 0. The number of nitrogens with zero attached hydrogens (tertiary/aromatic N) is 3. The van der Waals surface area contributed by atoms with Gasteiger partial charge < -0.3 is 18.9 Å². The van der Waals surface area contributed by atoms with Crippen LogP contribution in [0.15, 0.2) is 60.9 Å². The molecule has 0 unspecified atom stereocenters. The van der Waals surface area contributed by atoms with Crippen molar-refractivity contribution in [3.05, 3.63) is 72.3 Å². The van der Waals surface area contributed by atoms with E-state index in [4.69, 9.17) is 18.9 Å². The molecule has 1 aliphatic rings. The largest absolute Gasteiger partial charge is 0.493 e. The molecule has 2 heterocycles. The van der Waals surface area contributed by atoms with Gasteiger partial charge in [0, 0.05) is 45.6 Å². The van der Waals surface area contributed by atoms with Crippen LogP contribution < -0.4 is 14.2 Å². The predicted molar refractivity (Wildman–Crippen MR) is 136 cm³/mol. The normalized spacial score (nSPS) is 18.5. The second-order valence-electron chi connectivity index (χ2n) is 9.19. The zero-order valence-electron chi connectivity index (χ0n) is 21.2. The van der Waals surface area contributed by atoms with Gasteiger partial charge in [0.25, 0.3) is 0 Å². The first-order chi connectivity index (χ1) is 17.6. The number of aromatic nitrogens is 2. The summed E-state index contributed by atoms with van der Waals surface area (Å²) in [5.74, 6) is 1.41. The van der Waals surface area contributed by atoms with Crippen LogP contribution in [0.1, 0.15) is 31.2 Å². The fraction of sp³-hybridized carbons (Fsp3) is 0.464. The number of halogens is 1. The van der Waals surface area contributed by atoms with Crippen LogP contribution in [0.2, 0.25) is 0 Å². The molecule has 0 radical (unpaired) electrons. The third kappa shape index (κ3) is 6.98. The van der Waals surface area contributed by atoms with Crippen molar-refractivity contribution in [3.8, 4) is 17.2 Å². The Hall–Kier alpha value is -3.10. The molecule has 8 heteroatoms. The summed E-state index contributed by atoms with van der Waals surface area (Å²) in [5.41, 5.74) is 0.742. The fourth-order valence-corrected chi connectivity index (χ4v) is 4.59. The molecule has 0 aliphatic carbocycles. The molecule has 1 aliphatic heterocycles. The molecule has 0 N–H and O–H groups in total. The van der Waals surface area contributed by atoms with Crippen LogP contribution in [-0.4, -0.2) is 60.8 Å². The van der Waals surface area contributed by atoms with Gasteiger partial charge in [-0.25, -0.2) is 4.39 Å². The quantitative estimate of drug-likeness (QED) is 0.330. The molecule has 3 aromatic rings. The highest BCUT2D eigenvalue weighted by molar-refractivity contribution is 5.43. The van der Waals surface area contributed by atoms with Gasteiger partial charge in [0.05, 0.1) is 13.7 Å². The average Bonchev–Trinajstić information content (AvgIpc) is 3.34. The van der Waals surface area contributed by atoms with E-state index < -0.39 is 5.60 Å². The van der Waals surface area contributed by atoms with Crippen LogP contribution in [-0.2, 0) is 17.8 Å². The molecule has 194 valence electrons. The van der Waals surface area contributed by atoms with Crippen molar-refractivity contribution in [2.75, 3.05) is 40.5 Å². The lowest BCUT2D eigenvalue weighted by atomic mass is 9.95. The molecule has 36 heavy (non-hydrogen) atoms. The number of likely N-dealkylation sites (tertiary alicyclic amines) is 1. The zero-order chi connectivity index (χ0) is 25.2. The van der Waals surface area contributed by atoms with Crippen molar-refractivity contribution < 1.29 is 23.3 Å². The van der Waals surface area contributed by atoms with Crippen LogP contribution in [0.3, 0.4) is 0 Å². The van der Waals surface area contributed by atoms with Crippen molar-refractivity contribution in [1.29, 1.82) is 0 Å². The molecule has 2 aromatic carbocycles. The van der Waals surface area contributed by atoms with E-state index >= 15 is 0 Å². The minimum atomic E-state index is -0.428. The van der Waals surface area contributed by atoms with Crippen LogP contribution in [0, 0.1) is 5.82 Å². The van der Waals surface area contributed by atoms with Crippen LogP contribution in [0.4, 0.5) is 4.39 Å². The first-order valence-electron chi connectivity index (χ1n) is 12.5. The zero-order valence-corrected chi connectivity index (χ0v) is 21.2. The Labute approximate surface area is 212 Å². The maximum absolute atomic E-state index is 14.0. The first kappa shape index (κ1) is 26.0. The lowest BCUT2D eigenvalue weighted by Crippen LogP contribution is -2.39. The van der Waals surface area contributed by atoms with E-state index in [1.807, 2.05) is 23.0 Å². The summed E-state index contributed by atoms with van der Waals surface area (Å²) in [6.07, 6.45) is 7.24. The third-order valence-electron chi connectivity index (χ3n) is 6.73. The summed E-state index contributed by atoms with van der Waals surface area (Å²) in [4.78, 5) is 2.42. The predicted octanol–water partition coefficient (Wildman–Crippen LogP) is 4.95. The number of ether oxygens (including phenoxy) is 4. The molecular weight excluding hydrogens is 461 g/mol. The minimum Gasteiger partial charge on any atom is -0.493 e. The Morgan fingerprint density at radius 2 is 1.86 bits per heavy atom. The summed E-state index contributed by atoms with van der Waals surface area (Å²) in [5, 5.41) is 4.21. The molecule has 1 atom stereocenters. The molecule has 0 spiro atoms. The standard InChI is InChI=1S/C28H36FN3O4/c1-33-27-20-23(10-11-26(27)35-19-7-17-32-16-6-14-30-32)21-31-15-5-12-28(34-2,13-18-31)22-36-25-9-4-3-8-24(25)29/h3-4,6,8-11,14,16,20H,5,7,12-13,15,17-19,21-22H2,1-2H3/t28-/m1/s1. The summed E-state index contributed by atoms with van der Waals surface area (Å²) < 4.78 is 39.2. The summed E-state index contributed by atoms with van der Waals surface area (Å²) in [6.45, 7) is 4.37. The van der Waals surface area contributed by atoms with Gasteiger partial charge >= 0.3 is 0 Å². The van der Waals surface area contributed by atoms with E-state index in [2.05, 4.69) is 22.1 Å². The van der Waals surface area contributed by atoms with Crippen molar-refractivity contribution in [1.82, 2.24) is 14.7 Å². The molecule has 1 fully saturated rings. The van der Waals surface area contributed by atoms with Crippen molar-refractivity contribution >= 4 is 0 Å². The lowest BCUT2D eigenvalue weighted by Gasteiger charge is -2.31. The van der Waals surface area contributed by atoms with Crippen LogP contribution >= 0.6 is 0 Å². The second kappa shape index (κ2) is 12.7. The highest BCUT2D eigenvalue weighted by Crippen LogP contribution is 2.31. The summed E-state index contributed by atoms with van der Waals surface area (Å²) >= 11 is 0. The van der Waals surface area contributed by atoms with Gasteiger partial charge in [-0.1, -0.05) is 18.2 Å². The molecular formula is C28H36FN3O4. The van der Waals surface area contributed by atoms with Gasteiger partial charge in [-0.2, -0.15) is 5.10 Å². The van der Waals surface area contributed by atoms with Gasteiger partial charge in [0.2, 0.25) is 0 Å². The molecule has 0 bridgehead atoms. The number of para-hydroxylation sites is 1. The third-order valence-corrected chi connectivity index (χ3v) is 6.73. The molecule has 0 amide bonds. The fourth-order valence-electron chi connectivity index (χ4n) is 4.59. The van der Waals surface area contributed by atoms with Gasteiger partial charge in [0.15, 0.2) is 23.1 Å². The van der Waals surface area contributed by atoms with E-state index in [0.717, 1.165) is 63.4 Å². The highest BCUT2D eigenvalue weighted by atomic mass is 19.1. The van der Waals surface area contributed by atoms with Gasteiger partial charge in [-0.05, 0) is 61.7 Å². The maximum Gasteiger partial charge on any atom is 0.165 e. The Balaban J connectivity index is 1.29. The van der Waals surface area contributed by atoms with Crippen LogP contribution in [0.5, 0.6) is 17.2 Å². The number of aryl methyl sites for hydroxylation is 1. The Bertz CT molecular complexity index is 1080. The molecule has 0 saturated carbocycles. The van der Waals surface area contributed by atoms with E-state index in [-0.39, 0.29) is 11.6 Å². The monoisotopic (exact) mass is 497 g/mol. The van der Waals surface area contributed by atoms with Gasteiger partial charge in [-0.3, -0.25) is 9.58 Å². The highest BCUT2D eigenvalue weighted by Gasteiger charge is 2.34. The number of rotatable bonds is 12. The van der Waals surface area contributed by atoms with E-state index in [1.165, 1.54) is 11.6 Å². The van der Waals surface area contributed by atoms with E-state index in [9.17, 15) is 4.39 Å². The first-order valence-corrected chi connectivity index (χ1v) is 12.5. The van der Waals surface area contributed by atoms with Crippen molar-refractivity contribution in [2.45, 2.75) is 44.4 Å². The Morgan fingerprint density at radius 1 is 0.972 bits per heavy atom. The number of benzene rings is 2. The van der Waals surface area contributed by atoms with Gasteiger partial charge in [-0.15, -0.1) is 0 Å². The van der Waals surface area contributed by atoms with Crippen molar-refractivity contribution in [2.24, 2.45) is 0 Å². The van der Waals surface area contributed by atoms with Crippen LogP contribution in [0.25, 0.3) is 0 Å². The van der Waals surface area contributed by atoms with E-state index in [1.54, 1.807) is 38.6 Å². The van der Waals surface area contributed by atoms with Crippen molar-refractivity contribution in [3.63, 3.8) is 0 Å². The second-order valence-corrected chi connectivity index (χ2v) is 9.19. The van der Waals surface area contributed by atoms with Gasteiger partial charge in [0.1, 0.15) is 12.2 Å². The molecule has 1 saturated heterocycles. The average molecular weight is 498 g/mol. The molecule has 4 rings (SSSR count).